The molecule has 0 aliphatic rings. The molecule has 0 unspecified atom stereocenters. The Kier molecular flexibility index (Phi) is 6.63. The van der Waals surface area contributed by atoms with Crippen LogP contribution in [0, 0.1) is 0 Å². The molecule has 0 saturated heterocycles. The minimum Gasteiger partial charge on any atom is -0.496 e. The van der Waals surface area contributed by atoms with Gasteiger partial charge in [-0.2, -0.15) is 0 Å². The van der Waals surface area contributed by atoms with E-state index in [-0.39, 0.29) is 0 Å². The third-order valence-electron chi connectivity index (χ3n) is 4.95. The SMILES string of the molecule is COc1cc(Br)c(OC)c2c(OCc3ccccc3)cc(OCc3ccccc3)cc12. The Labute approximate surface area is 190 Å². The lowest BCUT2D eigenvalue weighted by Gasteiger charge is -2.18. The Bertz CT molecular complexity index is 1160. The number of halogens is 1. The van der Waals surface area contributed by atoms with Gasteiger partial charge < -0.3 is 18.9 Å². The first-order valence-corrected chi connectivity index (χ1v) is 10.7. The van der Waals surface area contributed by atoms with Crippen molar-refractivity contribution < 1.29 is 18.9 Å². The van der Waals surface area contributed by atoms with Crippen molar-refractivity contribution in [3.05, 3.63) is 94.5 Å². The van der Waals surface area contributed by atoms with Gasteiger partial charge in [0.25, 0.3) is 0 Å². The standard InChI is InChI=1S/C26H23BrO4/c1-28-23-15-22(27)26(29-2)25-21(23)13-20(30-16-18-9-5-3-6-10-18)14-24(25)31-17-19-11-7-4-8-12-19/h3-15H,16-17H2,1-2H3. The van der Waals surface area contributed by atoms with Crippen LogP contribution in [0.25, 0.3) is 10.8 Å². The van der Waals surface area contributed by atoms with Crippen molar-refractivity contribution in [3.63, 3.8) is 0 Å². The molecule has 0 atom stereocenters. The number of fused-ring (bicyclic) bond motifs is 1. The van der Waals surface area contributed by atoms with Gasteiger partial charge in [-0.3, -0.25) is 0 Å². The highest BCUT2D eigenvalue weighted by molar-refractivity contribution is 9.10. The van der Waals surface area contributed by atoms with Gasteiger partial charge in [-0.15, -0.1) is 0 Å². The molecule has 0 radical (unpaired) electrons. The fraction of sp³-hybridized carbons (Fsp3) is 0.154. The van der Waals surface area contributed by atoms with Crippen molar-refractivity contribution in [1.82, 2.24) is 0 Å². The maximum absolute atomic E-state index is 6.26. The van der Waals surface area contributed by atoms with Gasteiger partial charge in [0.05, 0.1) is 24.1 Å². The summed E-state index contributed by atoms with van der Waals surface area (Å²) in [6.07, 6.45) is 0. The summed E-state index contributed by atoms with van der Waals surface area (Å²) < 4.78 is 24.5. The minimum atomic E-state index is 0.427. The van der Waals surface area contributed by atoms with E-state index >= 15 is 0 Å². The monoisotopic (exact) mass is 478 g/mol. The van der Waals surface area contributed by atoms with Crippen molar-refractivity contribution >= 4 is 26.7 Å². The number of rotatable bonds is 8. The van der Waals surface area contributed by atoms with Crippen molar-refractivity contribution in [3.8, 4) is 23.0 Å². The first kappa shape index (κ1) is 21.1. The smallest absolute Gasteiger partial charge is 0.144 e. The Morgan fingerprint density at radius 2 is 1.29 bits per heavy atom. The number of hydrogen-bond donors (Lipinski definition) is 0. The van der Waals surface area contributed by atoms with Gasteiger partial charge in [0, 0.05) is 11.5 Å². The molecule has 0 fully saturated rings. The fourth-order valence-electron chi connectivity index (χ4n) is 3.44. The summed E-state index contributed by atoms with van der Waals surface area (Å²) in [4.78, 5) is 0. The van der Waals surface area contributed by atoms with Gasteiger partial charge in [-0.25, -0.2) is 0 Å². The summed E-state index contributed by atoms with van der Waals surface area (Å²) in [6.45, 7) is 0.885. The Morgan fingerprint density at radius 1 is 0.677 bits per heavy atom. The quantitative estimate of drug-likeness (QED) is 0.279. The van der Waals surface area contributed by atoms with Gasteiger partial charge in [0.2, 0.25) is 0 Å². The predicted molar refractivity (Wildman–Crippen MR) is 126 cm³/mol. The maximum atomic E-state index is 6.26. The van der Waals surface area contributed by atoms with E-state index in [0.717, 1.165) is 26.4 Å². The first-order chi connectivity index (χ1) is 15.2. The summed E-state index contributed by atoms with van der Waals surface area (Å²) in [5.41, 5.74) is 2.17. The molecule has 0 aliphatic heterocycles. The molecule has 158 valence electrons. The van der Waals surface area contributed by atoms with Crippen LogP contribution in [0.5, 0.6) is 23.0 Å². The lowest BCUT2D eigenvalue weighted by atomic mass is 10.1. The lowest BCUT2D eigenvalue weighted by molar-refractivity contribution is 0.292. The van der Waals surface area contributed by atoms with Crippen LogP contribution in [0.15, 0.2) is 83.3 Å². The Hall–Kier alpha value is -3.18. The Balaban J connectivity index is 1.77. The van der Waals surface area contributed by atoms with E-state index in [0.29, 0.717) is 36.2 Å². The van der Waals surface area contributed by atoms with Crippen LogP contribution < -0.4 is 18.9 Å². The molecule has 0 aromatic heterocycles. The molecule has 0 amide bonds. The number of ether oxygens (including phenoxy) is 4. The molecule has 0 saturated carbocycles. The van der Waals surface area contributed by atoms with Crippen LogP contribution in [-0.4, -0.2) is 14.2 Å². The molecule has 4 aromatic rings. The highest BCUT2D eigenvalue weighted by Crippen LogP contribution is 2.46. The second kappa shape index (κ2) is 9.75. The topological polar surface area (TPSA) is 36.9 Å². The molecule has 0 heterocycles. The highest BCUT2D eigenvalue weighted by atomic mass is 79.9. The lowest BCUT2D eigenvalue weighted by Crippen LogP contribution is -2.01. The summed E-state index contributed by atoms with van der Waals surface area (Å²) in [7, 11) is 3.29. The third-order valence-corrected chi connectivity index (χ3v) is 5.54. The van der Waals surface area contributed by atoms with Crippen molar-refractivity contribution in [2.75, 3.05) is 14.2 Å². The average Bonchev–Trinajstić information content (AvgIpc) is 2.82. The molecule has 0 aliphatic carbocycles. The zero-order chi connectivity index (χ0) is 21.6. The molecule has 4 nitrogen and oxygen atoms in total. The van der Waals surface area contributed by atoms with E-state index in [1.807, 2.05) is 78.9 Å². The molecule has 5 heteroatoms. The summed E-state index contributed by atoms with van der Waals surface area (Å²) in [6, 6.07) is 25.9. The highest BCUT2D eigenvalue weighted by Gasteiger charge is 2.19. The predicted octanol–water partition coefficient (Wildman–Crippen LogP) is 6.78. The molecular formula is C26H23BrO4. The van der Waals surface area contributed by atoms with E-state index in [1.54, 1.807) is 14.2 Å². The number of methoxy groups -OCH3 is 2. The Morgan fingerprint density at radius 3 is 1.87 bits per heavy atom. The summed E-state index contributed by atoms with van der Waals surface area (Å²) in [5.74, 6) is 2.76. The van der Waals surface area contributed by atoms with Crippen molar-refractivity contribution in [2.24, 2.45) is 0 Å². The second-order valence-electron chi connectivity index (χ2n) is 6.99. The van der Waals surface area contributed by atoms with Gasteiger partial charge >= 0.3 is 0 Å². The molecular weight excluding hydrogens is 456 g/mol. The third kappa shape index (κ3) is 4.78. The molecule has 0 spiro atoms. The minimum absolute atomic E-state index is 0.427. The van der Waals surface area contributed by atoms with Gasteiger partial charge in [-0.1, -0.05) is 60.7 Å². The molecule has 0 N–H and O–H groups in total. The van der Waals surface area contributed by atoms with Crippen LogP contribution >= 0.6 is 15.9 Å². The first-order valence-electron chi connectivity index (χ1n) is 9.91. The van der Waals surface area contributed by atoms with E-state index in [2.05, 4.69) is 15.9 Å². The van der Waals surface area contributed by atoms with Gasteiger partial charge in [-0.05, 0) is 39.2 Å². The zero-order valence-corrected chi connectivity index (χ0v) is 19.0. The average molecular weight is 479 g/mol. The fourth-order valence-corrected chi connectivity index (χ4v) is 4.01. The van der Waals surface area contributed by atoms with E-state index < -0.39 is 0 Å². The second-order valence-corrected chi connectivity index (χ2v) is 7.84. The normalized spacial score (nSPS) is 10.7. The van der Waals surface area contributed by atoms with Crippen molar-refractivity contribution in [1.29, 1.82) is 0 Å². The van der Waals surface area contributed by atoms with Crippen LogP contribution in [0.4, 0.5) is 0 Å². The summed E-state index contributed by atoms with van der Waals surface area (Å²) >= 11 is 3.59. The van der Waals surface area contributed by atoms with Gasteiger partial charge in [0.1, 0.15) is 36.2 Å². The largest absolute Gasteiger partial charge is 0.496 e. The van der Waals surface area contributed by atoms with E-state index in [4.69, 9.17) is 18.9 Å². The molecule has 31 heavy (non-hydrogen) atoms. The van der Waals surface area contributed by atoms with E-state index in [1.165, 1.54) is 0 Å². The van der Waals surface area contributed by atoms with Crippen LogP contribution in [-0.2, 0) is 13.2 Å². The summed E-state index contributed by atoms with van der Waals surface area (Å²) in [5, 5.41) is 1.69. The van der Waals surface area contributed by atoms with Crippen LogP contribution in [0.2, 0.25) is 0 Å². The molecule has 4 aromatic carbocycles. The van der Waals surface area contributed by atoms with Crippen LogP contribution in [0.3, 0.4) is 0 Å². The van der Waals surface area contributed by atoms with Crippen molar-refractivity contribution in [2.45, 2.75) is 13.2 Å². The number of benzene rings is 4. The van der Waals surface area contributed by atoms with Gasteiger partial charge in [0.15, 0.2) is 0 Å². The maximum Gasteiger partial charge on any atom is 0.144 e. The molecule has 4 rings (SSSR count). The number of hydrogen-bond acceptors (Lipinski definition) is 4. The zero-order valence-electron chi connectivity index (χ0n) is 17.4. The molecule has 0 bridgehead atoms. The van der Waals surface area contributed by atoms with E-state index in [9.17, 15) is 0 Å². The van der Waals surface area contributed by atoms with Crippen LogP contribution in [0.1, 0.15) is 11.1 Å².